The van der Waals surface area contributed by atoms with Gasteiger partial charge in [0, 0.05) is 5.39 Å². The third kappa shape index (κ3) is 3.49. The predicted molar refractivity (Wildman–Crippen MR) is 96.0 cm³/mol. The molecule has 0 fully saturated rings. The Morgan fingerprint density at radius 2 is 1.92 bits per heavy atom. The van der Waals surface area contributed by atoms with E-state index in [0.29, 0.717) is 13.0 Å². The predicted octanol–water partition coefficient (Wildman–Crippen LogP) is 3.21. The van der Waals surface area contributed by atoms with E-state index in [0.717, 1.165) is 28.5 Å². The van der Waals surface area contributed by atoms with Crippen molar-refractivity contribution in [1.82, 2.24) is 9.78 Å². The Hall–Kier alpha value is -2.18. The summed E-state index contributed by atoms with van der Waals surface area (Å²) in [4.78, 5) is 0. The number of rotatable bonds is 6. The second-order valence-electron chi connectivity index (χ2n) is 5.97. The molecule has 0 aliphatic carbocycles. The van der Waals surface area contributed by atoms with Crippen molar-refractivity contribution in [1.29, 1.82) is 0 Å². The summed E-state index contributed by atoms with van der Waals surface area (Å²) in [6, 6.07) is 15.7. The van der Waals surface area contributed by atoms with Crippen LogP contribution in [0.1, 0.15) is 36.1 Å². The van der Waals surface area contributed by atoms with E-state index in [1.54, 1.807) is 6.20 Å². The van der Waals surface area contributed by atoms with Gasteiger partial charge in [0.1, 0.15) is 5.25 Å². The van der Waals surface area contributed by atoms with Crippen LogP contribution in [0.25, 0.3) is 10.9 Å². The van der Waals surface area contributed by atoms with Crippen molar-refractivity contribution in [3.05, 3.63) is 65.9 Å². The molecule has 0 aliphatic rings. The average molecular weight is 343 g/mol. The molecule has 1 unspecified atom stereocenters. The van der Waals surface area contributed by atoms with Gasteiger partial charge >= 0.3 is 0 Å². The standard InChI is InChI=1S/C18H21N3O2S/c1-2-6-18(24(19,22)23)15-9-10-16-12-20-21(17(16)11-15)13-14-7-4-3-5-8-14/h3-5,7-12,18H,2,6,13H2,1H3,(H2,19,22,23). The first kappa shape index (κ1) is 16.7. The van der Waals surface area contributed by atoms with Crippen LogP contribution in [-0.4, -0.2) is 18.2 Å². The normalized spacial score (nSPS) is 13.2. The first-order valence-corrected chi connectivity index (χ1v) is 9.61. The molecule has 0 radical (unpaired) electrons. The van der Waals surface area contributed by atoms with Crippen molar-refractivity contribution in [2.45, 2.75) is 31.6 Å². The van der Waals surface area contributed by atoms with Gasteiger partial charge in [0.25, 0.3) is 0 Å². The van der Waals surface area contributed by atoms with E-state index >= 15 is 0 Å². The van der Waals surface area contributed by atoms with E-state index < -0.39 is 15.3 Å². The second-order valence-corrected chi connectivity index (χ2v) is 7.72. The summed E-state index contributed by atoms with van der Waals surface area (Å²) in [6.07, 6.45) is 3.06. The second kappa shape index (κ2) is 6.75. The minimum atomic E-state index is -3.63. The molecule has 5 nitrogen and oxygen atoms in total. The minimum Gasteiger partial charge on any atom is -0.260 e. The first-order valence-electron chi connectivity index (χ1n) is 8.00. The zero-order valence-corrected chi connectivity index (χ0v) is 14.4. The minimum absolute atomic E-state index is 0.511. The van der Waals surface area contributed by atoms with Crippen LogP contribution in [0.4, 0.5) is 0 Å². The Morgan fingerprint density at radius 1 is 1.17 bits per heavy atom. The third-order valence-corrected chi connectivity index (χ3v) is 5.46. The Morgan fingerprint density at radius 3 is 2.58 bits per heavy atom. The van der Waals surface area contributed by atoms with E-state index in [4.69, 9.17) is 5.14 Å². The number of aromatic nitrogens is 2. The molecule has 2 N–H and O–H groups in total. The fourth-order valence-corrected chi connectivity index (χ4v) is 4.04. The molecule has 2 aromatic carbocycles. The Balaban J connectivity index is 2.02. The quantitative estimate of drug-likeness (QED) is 0.746. The summed E-state index contributed by atoms with van der Waals surface area (Å²) in [7, 11) is -3.63. The van der Waals surface area contributed by atoms with Crippen LogP contribution in [0.5, 0.6) is 0 Å². The monoisotopic (exact) mass is 343 g/mol. The molecule has 24 heavy (non-hydrogen) atoms. The first-order chi connectivity index (χ1) is 11.5. The van der Waals surface area contributed by atoms with Gasteiger partial charge in [-0.25, -0.2) is 13.6 Å². The Labute approximate surface area is 142 Å². The Kier molecular flexibility index (Phi) is 4.69. The van der Waals surface area contributed by atoms with E-state index in [1.807, 2.05) is 60.1 Å². The fraction of sp³-hybridized carbons (Fsp3) is 0.278. The molecule has 0 aliphatic heterocycles. The highest BCUT2D eigenvalue weighted by molar-refractivity contribution is 7.89. The zero-order chi connectivity index (χ0) is 17.2. The highest BCUT2D eigenvalue weighted by atomic mass is 32.2. The number of nitrogens with zero attached hydrogens (tertiary/aromatic N) is 2. The maximum Gasteiger partial charge on any atom is 0.216 e. The van der Waals surface area contributed by atoms with Crippen LogP contribution >= 0.6 is 0 Å². The maximum absolute atomic E-state index is 11.9. The number of nitrogens with two attached hydrogens (primary N) is 1. The summed E-state index contributed by atoms with van der Waals surface area (Å²) in [5, 5.41) is 10.2. The van der Waals surface area contributed by atoms with Gasteiger partial charge < -0.3 is 0 Å². The average Bonchev–Trinajstić information content (AvgIpc) is 2.95. The number of fused-ring (bicyclic) bond motifs is 1. The molecule has 0 saturated heterocycles. The topological polar surface area (TPSA) is 78.0 Å². The molecule has 1 atom stereocenters. The van der Waals surface area contributed by atoms with Gasteiger partial charge in [-0.1, -0.05) is 55.8 Å². The van der Waals surface area contributed by atoms with Crippen LogP contribution < -0.4 is 5.14 Å². The molecule has 3 rings (SSSR count). The molecule has 0 amide bonds. The van der Waals surface area contributed by atoms with Gasteiger partial charge in [0.2, 0.25) is 10.0 Å². The largest absolute Gasteiger partial charge is 0.260 e. The lowest BCUT2D eigenvalue weighted by molar-refractivity contribution is 0.575. The van der Waals surface area contributed by atoms with Gasteiger partial charge in [-0.2, -0.15) is 5.10 Å². The maximum atomic E-state index is 11.9. The van der Waals surface area contributed by atoms with Crippen LogP contribution in [0.3, 0.4) is 0 Å². The van der Waals surface area contributed by atoms with Gasteiger partial charge in [-0.3, -0.25) is 4.68 Å². The van der Waals surface area contributed by atoms with Crippen LogP contribution in [0, 0.1) is 0 Å². The molecule has 0 bridgehead atoms. The highest BCUT2D eigenvalue weighted by Gasteiger charge is 2.23. The van der Waals surface area contributed by atoms with Crippen molar-refractivity contribution in [2.24, 2.45) is 5.14 Å². The number of primary sulfonamides is 1. The summed E-state index contributed by atoms with van der Waals surface area (Å²) < 4.78 is 25.7. The number of hydrogen-bond donors (Lipinski definition) is 1. The fourth-order valence-electron chi connectivity index (χ4n) is 2.95. The van der Waals surface area contributed by atoms with Crippen molar-refractivity contribution in [3.8, 4) is 0 Å². The van der Waals surface area contributed by atoms with Crippen LogP contribution in [0.2, 0.25) is 0 Å². The number of hydrogen-bond acceptors (Lipinski definition) is 3. The van der Waals surface area contributed by atoms with Crippen molar-refractivity contribution < 1.29 is 8.42 Å². The van der Waals surface area contributed by atoms with Crippen LogP contribution in [0.15, 0.2) is 54.7 Å². The SMILES string of the molecule is CCCC(c1ccc2cnn(Cc3ccccc3)c2c1)S(N)(=O)=O. The van der Waals surface area contributed by atoms with E-state index in [9.17, 15) is 8.42 Å². The lowest BCUT2D eigenvalue weighted by Gasteiger charge is -2.15. The number of sulfonamides is 1. The number of benzene rings is 2. The lowest BCUT2D eigenvalue weighted by atomic mass is 10.1. The van der Waals surface area contributed by atoms with E-state index in [1.165, 1.54) is 0 Å². The van der Waals surface area contributed by atoms with Crippen molar-refractivity contribution in [2.75, 3.05) is 0 Å². The third-order valence-electron chi connectivity index (χ3n) is 4.16. The highest BCUT2D eigenvalue weighted by Crippen LogP contribution is 2.28. The molecular weight excluding hydrogens is 322 g/mol. The zero-order valence-electron chi connectivity index (χ0n) is 13.6. The molecule has 126 valence electrons. The van der Waals surface area contributed by atoms with Crippen molar-refractivity contribution >= 4 is 20.9 Å². The van der Waals surface area contributed by atoms with Gasteiger partial charge in [-0.15, -0.1) is 0 Å². The Bertz CT molecular complexity index is 933. The smallest absolute Gasteiger partial charge is 0.216 e. The van der Waals surface area contributed by atoms with E-state index in [2.05, 4.69) is 5.10 Å². The van der Waals surface area contributed by atoms with Gasteiger partial charge in [0.15, 0.2) is 0 Å². The molecule has 3 aromatic rings. The molecular formula is C18H21N3O2S. The van der Waals surface area contributed by atoms with Crippen LogP contribution in [-0.2, 0) is 16.6 Å². The van der Waals surface area contributed by atoms with Gasteiger partial charge in [0.05, 0.1) is 18.3 Å². The van der Waals surface area contributed by atoms with Gasteiger partial charge in [-0.05, 0) is 23.6 Å². The summed E-state index contributed by atoms with van der Waals surface area (Å²) in [6.45, 7) is 2.60. The van der Waals surface area contributed by atoms with E-state index in [-0.39, 0.29) is 0 Å². The summed E-state index contributed by atoms with van der Waals surface area (Å²) in [5.74, 6) is 0. The van der Waals surface area contributed by atoms with Crippen molar-refractivity contribution in [3.63, 3.8) is 0 Å². The summed E-state index contributed by atoms with van der Waals surface area (Å²) >= 11 is 0. The summed E-state index contributed by atoms with van der Waals surface area (Å²) in [5.41, 5.74) is 2.78. The molecule has 6 heteroatoms. The molecule has 0 saturated carbocycles. The molecule has 1 heterocycles. The molecule has 1 aromatic heterocycles. The molecule has 0 spiro atoms. The lowest BCUT2D eigenvalue weighted by Crippen LogP contribution is -2.21.